The van der Waals surface area contributed by atoms with E-state index in [0.29, 0.717) is 24.5 Å². The molecule has 2 aromatic heterocycles. The molecule has 4 rings (SSSR count). The van der Waals surface area contributed by atoms with Gasteiger partial charge in [-0.05, 0) is 48.3 Å². The number of nitrogens with zero attached hydrogens (tertiary/aromatic N) is 2. The molecule has 0 radical (unpaired) electrons. The molecule has 0 aliphatic rings. The van der Waals surface area contributed by atoms with Gasteiger partial charge in [0.1, 0.15) is 6.61 Å². The van der Waals surface area contributed by atoms with Gasteiger partial charge >= 0.3 is 0 Å². The Kier molecular flexibility index (Phi) is 6.46. The molecule has 6 nitrogen and oxygen atoms in total. The fraction of sp³-hybridized carbons (Fsp3) is 0.182. The molecule has 2 heterocycles. The molecule has 8 heteroatoms. The average molecular weight is 439 g/mol. The highest BCUT2D eigenvalue weighted by molar-refractivity contribution is 7.71. The highest BCUT2D eigenvalue weighted by Gasteiger charge is 2.10. The number of benzene rings is 2. The third kappa shape index (κ3) is 4.72. The Balaban J connectivity index is 1.49. The minimum Gasteiger partial charge on any atom is -0.490 e. The first-order valence-corrected chi connectivity index (χ1v) is 10.9. The van der Waals surface area contributed by atoms with Crippen LogP contribution < -0.4 is 14.9 Å². The van der Waals surface area contributed by atoms with Gasteiger partial charge in [-0.15, -0.1) is 11.3 Å². The lowest BCUT2D eigenvalue weighted by molar-refractivity contribution is 0.271. The normalized spacial score (nSPS) is 10.7. The molecule has 0 spiro atoms. The van der Waals surface area contributed by atoms with Crippen LogP contribution in [0.25, 0.3) is 11.4 Å². The zero-order valence-electron chi connectivity index (χ0n) is 16.5. The minimum absolute atomic E-state index is 0.509. The van der Waals surface area contributed by atoms with E-state index in [4.69, 9.17) is 21.7 Å². The molecule has 2 aromatic carbocycles. The topological polar surface area (TPSA) is 64.1 Å². The Hall–Kier alpha value is -3.10. The molecule has 0 atom stereocenters. The van der Waals surface area contributed by atoms with Crippen LogP contribution in [0.4, 0.5) is 0 Å². The van der Waals surface area contributed by atoms with Gasteiger partial charge in [0.15, 0.2) is 17.3 Å². The summed E-state index contributed by atoms with van der Waals surface area (Å²) in [6.07, 6.45) is 0. The van der Waals surface area contributed by atoms with Crippen molar-refractivity contribution in [2.45, 2.75) is 20.1 Å². The summed E-state index contributed by atoms with van der Waals surface area (Å²) in [4.78, 5) is 1.17. The molecular weight excluding hydrogens is 416 g/mol. The maximum absolute atomic E-state index is 5.96. The first-order valence-electron chi connectivity index (χ1n) is 9.62. The van der Waals surface area contributed by atoms with Gasteiger partial charge in [0, 0.05) is 10.4 Å². The van der Waals surface area contributed by atoms with Gasteiger partial charge < -0.3 is 14.9 Å². The second-order valence-corrected chi connectivity index (χ2v) is 7.89. The van der Waals surface area contributed by atoms with Crippen molar-refractivity contribution in [1.82, 2.24) is 14.9 Å². The van der Waals surface area contributed by atoms with Gasteiger partial charge in [-0.25, -0.2) is 9.77 Å². The molecule has 4 aromatic rings. The van der Waals surface area contributed by atoms with E-state index < -0.39 is 0 Å². The lowest BCUT2D eigenvalue weighted by Gasteiger charge is -2.14. The Bertz CT molecular complexity index is 1140. The van der Waals surface area contributed by atoms with Crippen LogP contribution in [0.1, 0.15) is 17.4 Å². The van der Waals surface area contributed by atoms with Crippen molar-refractivity contribution in [3.63, 3.8) is 0 Å². The number of thiophene rings is 1. The van der Waals surface area contributed by atoms with Gasteiger partial charge in [0.2, 0.25) is 4.77 Å². The van der Waals surface area contributed by atoms with Crippen LogP contribution in [0.5, 0.6) is 11.5 Å². The molecule has 0 amide bonds. The molecule has 0 aliphatic heterocycles. The molecule has 0 saturated heterocycles. The summed E-state index contributed by atoms with van der Waals surface area (Å²) in [6, 6.07) is 19.9. The predicted molar refractivity (Wildman–Crippen MR) is 122 cm³/mol. The van der Waals surface area contributed by atoms with Crippen molar-refractivity contribution in [2.24, 2.45) is 0 Å². The molecule has 30 heavy (non-hydrogen) atoms. The van der Waals surface area contributed by atoms with Gasteiger partial charge in [0.25, 0.3) is 0 Å². The van der Waals surface area contributed by atoms with E-state index in [-0.39, 0.29) is 0 Å². The summed E-state index contributed by atoms with van der Waals surface area (Å²) in [5.74, 6) is 2.20. The van der Waals surface area contributed by atoms with Crippen molar-refractivity contribution in [2.75, 3.05) is 12.0 Å². The molecule has 0 unspecified atom stereocenters. The maximum Gasteiger partial charge on any atom is 0.214 e. The molecule has 154 valence electrons. The van der Waals surface area contributed by atoms with Crippen molar-refractivity contribution in [1.29, 1.82) is 0 Å². The molecular formula is C22H22N4O2S2. The molecule has 0 aliphatic carbocycles. The first-order chi connectivity index (χ1) is 14.7. The average Bonchev–Trinajstić information content (AvgIpc) is 3.42. The van der Waals surface area contributed by atoms with Gasteiger partial charge in [0.05, 0.1) is 13.2 Å². The third-order valence-corrected chi connectivity index (χ3v) is 5.53. The van der Waals surface area contributed by atoms with Crippen LogP contribution in [-0.4, -0.2) is 21.5 Å². The number of H-pyrrole nitrogens is 1. The van der Waals surface area contributed by atoms with Gasteiger partial charge in [-0.1, -0.05) is 42.5 Å². The quantitative estimate of drug-likeness (QED) is 0.343. The lowest BCUT2D eigenvalue weighted by atomic mass is 10.2. The van der Waals surface area contributed by atoms with Crippen molar-refractivity contribution < 1.29 is 9.47 Å². The first kappa shape index (κ1) is 20.2. The monoisotopic (exact) mass is 438 g/mol. The van der Waals surface area contributed by atoms with Crippen molar-refractivity contribution in [3.05, 3.63) is 81.3 Å². The summed E-state index contributed by atoms with van der Waals surface area (Å²) in [5.41, 5.74) is 5.37. The number of rotatable bonds is 9. The summed E-state index contributed by atoms with van der Waals surface area (Å²) >= 11 is 7.06. The van der Waals surface area contributed by atoms with E-state index in [0.717, 1.165) is 28.5 Å². The fourth-order valence-corrected chi connectivity index (χ4v) is 3.80. The Morgan fingerprint density at radius 3 is 2.70 bits per heavy atom. The van der Waals surface area contributed by atoms with Crippen LogP contribution in [0.2, 0.25) is 0 Å². The van der Waals surface area contributed by atoms with Crippen LogP contribution in [-0.2, 0) is 13.2 Å². The van der Waals surface area contributed by atoms with Gasteiger partial charge in [-0.3, -0.25) is 0 Å². The zero-order valence-corrected chi connectivity index (χ0v) is 18.1. The second kappa shape index (κ2) is 9.60. The summed E-state index contributed by atoms with van der Waals surface area (Å²) < 4.78 is 14.1. The smallest absolute Gasteiger partial charge is 0.214 e. The zero-order chi connectivity index (χ0) is 20.8. The summed E-state index contributed by atoms with van der Waals surface area (Å²) in [7, 11) is 0. The standard InChI is InChI=1S/C22H22N4O2S2/c1-2-27-20-13-16(10-11-19(20)28-15-18-9-6-12-30-18)14-23-26-21(24-25-22(26)29)17-7-4-3-5-8-17/h3-13,23H,2,14-15H2,1H3,(H,25,29). The number of ether oxygens (including phenoxy) is 2. The molecule has 2 N–H and O–H groups in total. The van der Waals surface area contributed by atoms with Crippen LogP contribution in [0, 0.1) is 4.77 Å². The molecule has 0 fully saturated rings. The van der Waals surface area contributed by atoms with Crippen LogP contribution >= 0.6 is 23.6 Å². The predicted octanol–water partition coefficient (Wildman–Crippen LogP) is 5.39. The van der Waals surface area contributed by atoms with Crippen LogP contribution in [0.15, 0.2) is 66.0 Å². The fourth-order valence-electron chi connectivity index (χ4n) is 2.99. The van der Waals surface area contributed by atoms with E-state index >= 15 is 0 Å². The Morgan fingerprint density at radius 1 is 1.07 bits per heavy atom. The number of hydrogen-bond acceptors (Lipinski definition) is 6. The van der Waals surface area contributed by atoms with E-state index in [1.807, 2.05) is 66.9 Å². The van der Waals surface area contributed by atoms with E-state index in [1.165, 1.54) is 4.88 Å². The number of aromatic nitrogens is 3. The number of nitrogens with one attached hydrogen (secondary N) is 2. The van der Waals surface area contributed by atoms with Crippen molar-refractivity contribution >= 4 is 23.6 Å². The molecule has 0 bridgehead atoms. The maximum atomic E-state index is 5.96. The Morgan fingerprint density at radius 2 is 1.93 bits per heavy atom. The van der Waals surface area contributed by atoms with E-state index in [2.05, 4.69) is 21.7 Å². The minimum atomic E-state index is 0.509. The largest absolute Gasteiger partial charge is 0.490 e. The van der Waals surface area contributed by atoms with Crippen LogP contribution in [0.3, 0.4) is 0 Å². The number of hydrogen-bond donors (Lipinski definition) is 2. The summed E-state index contributed by atoms with van der Waals surface area (Å²) in [6.45, 7) is 3.61. The molecule has 0 saturated carbocycles. The van der Waals surface area contributed by atoms with E-state index in [1.54, 1.807) is 16.0 Å². The Labute approximate surface area is 184 Å². The highest BCUT2D eigenvalue weighted by atomic mass is 32.1. The summed E-state index contributed by atoms with van der Waals surface area (Å²) in [5, 5.41) is 9.24. The van der Waals surface area contributed by atoms with Crippen molar-refractivity contribution in [3.8, 4) is 22.9 Å². The lowest BCUT2D eigenvalue weighted by Crippen LogP contribution is -2.16. The van der Waals surface area contributed by atoms with Gasteiger partial charge in [-0.2, -0.15) is 5.10 Å². The van der Waals surface area contributed by atoms with E-state index in [9.17, 15) is 0 Å². The second-order valence-electron chi connectivity index (χ2n) is 6.47. The number of aromatic amines is 1. The highest BCUT2D eigenvalue weighted by Crippen LogP contribution is 2.30. The SMILES string of the molecule is CCOc1cc(CNn2c(-c3ccccc3)n[nH]c2=S)ccc1OCc1cccs1. The third-order valence-electron chi connectivity index (χ3n) is 4.40.